The molecule has 144 valence electrons. The lowest BCUT2D eigenvalue weighted by Gasteiger charge is -2.26. The summed E-state index contributed by atoms with van der Waals surface area (Å²) in [6, 6.07) is 11.6. The summed E-state index contributed by atoms with van der Waals surface area (Å²) in [7, 11) is 0. The van der Waals surface area contributed by atoms with Gasteiger partial charge in [0, 0.05) is 24.8 Å². The molecule has 1 aliphatic heterocycles. The number of benzene rings is 1. The number of aromatic nitrogens is 3. The molecule has 28 heavy (non-hydrogen) atoms. The van der Waals surface area contributed by atoms with Crippen LogP contribution in [0.15, 0.2) is 42.6 Å². The van der Waals surface area contributed by atoms with Crippen molar-refractivity contribution in [3.63, 3.8) is 0 Å². The molecular weight excluding hydrogens is 398 g/mol. The van der Waals surface area contributed by atoms with Crippen LogP contribution in [-0.2, 0) is 11.3 Å². The standard InChI is InChI=1S/C19H18ClN5O2S/c20-15-10-14(19(26)25-6-8-27-9-7-25)11-21-17(15)22-12-16-23-24-18(28-16)13-4-2-1-3-5-13/h1-5,10-11H,6-9,12H2,(H,21,22). The Balaban J connectivity index is 1.40. The highest BCUT2D eigenvalue weighted by Crippen LogP contribution is 2.25. The van der Waals surface area contributed by atoms with Gasteiger partial charge in [0.2, 0.25) is 0 Å². The number of amides is 1. The normalized spacial score (nSPS) is 14.1. The largest absolute Gasteiger partial charge is 0.378 e. The van der Waals surface area contributed by atoms with Crippen LogP contribution in [-0.4, -0.2) is 52.3 Å². The molecule has 1 fully saturated rings. The fourth-order valence-corrected chi connectivity index (χ4v) is 3.83. The number of carbonyl (C=O) groups excluding carboxylic acids is 1. The van der Waals surface area contributed by atoms with Crippen molar-refractivity contribution in [2.75, 3.05) is 31.6 Å². The van der Waals surface area contributed by atoms with E-state index in [0.29, 0.717) is 49.3 Å². The molecule has 1 aromatic carbocycles. The number of hydrogen-bond acceptors (Lipinski definition) is 7. The van der Waals surface area contributed by atoms with Gasteiger partial charge < -0.3 is 15.0 Å². The molecule has 7 nitrogen and oxygen atoms in total. The molecule has 0 atom stereocenters. The molecule has 9 heteroatoms. The van der Waals surface area contributed by atoms with Gasteiger partial charge in [0.25, 0.3) is 5.91 Å². The van der Waals surface area contributed by atoms with Gasteiger partial charge in [-0.15, -0.1) is 10.2 Å². The molecule has 3 aromatic rings. The molecule has 1 amide bonds. The Kier molecular flexibility index (Phi) is 5.80. The van der Waals surface area contributed by atoms with E-state index in [2.05, 4.69) is 20.5 Å². The van der Waals surface area contributed by atoms with E-state index in [1.165, 1.54) is 11.3 Å². The average Bonchev–Trinajstić information content (AvgIpc) is 3.23. The summed E-state index contributed by atoms with van der Waals surface area (Å²) >= 11 is 7.84. The second-order valence-corrected chi connectivity index (χ2v) is 7.65. The Morgan fingerprint density at radius 3 is 2.75 bits per heavy atom. The van der Waals surface area contributed by atoms with Gasteiger partial charge in [0.05, 0.1) is 30.3 Å². The molecule has 1 N–H and O–H groups in total. The van der Waals surface area contributed by atoms with Gasteiger partial charge >= 0.3 is 0 Å². The van der Waals surface area contributed by atoms with Crippen molar-refractivity contribution in [1.29, 1.82) is 0 Å². The van der Waals surface area contributed by atoms with Gasteiger partial charge in [-0.2, -0.15) is 0 Å². The number of halogens is 1. The third-order valence-corrected chi connectivity index (χ3v) is 5.54. The first-order chi connectivity index (χ1) is 13.7. The predicted octanol–water partition coefficient (Wildman–Crippen LogP) is 3.34. The van der Waals surface area contributed by atoms with Gasteiger partial charge in [-0.3, -0.25) is 4.79 Å². The summed E-state index contributed by atoms with van der Waals surface area (Å²) in [5, 5.41) is 13.7. The minimum Gasteiger partial charge on any atom is -0.378 e. The Morgan fingerprint density at radius 1 is 1.21 bits per heavy atom. The van der Waals surface area contributed by atoms with Crippen LogP contribution in [0, 0.1) is 0 Å². The summed E-state index contributed by atoms with van der Waals surface area (Å²) in [5.74, 6) is 0.428. The number of morpholine rings is 1. The first-order valence-electron chi connectivity index (χ1n) is 8.85. The van der Waals surface area contributed by atoms with Crippen molar-refractivity contribution in [2.45, 2.75) is 6.54 Å². The first kappa shape index (κ1) is 18.8. The molecule has 1 saturated heterocycles. The maximum absolute atomic E-state index is 12.5. The van der Waals surface area contributed by atoms with Crippen LogP contribution >= 0.6 is 22.9 Å². The third-order valence-electron chi connectivity index (χ3n) is 4.28. The van der Waals surface area contributed by atoms with E-state index in [1.807, 2.05) is 30.3 Å². The molecule has 0 spiro atoms. The molecular formula is C19H18ClN5O2S. The van der Waals surface area contributed by atoms with E-state index in [-0.39, 0.29) is 5.91 Å². The maximum Gasteiger partial charge on any atom is 0.255 e. The zero-order chi connectivity index (χ0) is 19.3. The Labute approximate surface area is 171 Å². The Bertz CT molecular complexity index is 960. The van der Waals surface area contributed by atoms with Gasteiger partial charge in [0.15, 0.2) is 0 Å². The molecule has 2 aromatic heterocycles. The number of nitrogens with zero attached hydrogens (tertiary/aromatic N) is 4. The van der Waals surface area contributed by atoms with E-state index < -0.39 is 0 Å². The van der Waals surface area contributed by atoms with Gasteiger partial charge in [-0.25, -0.2) is 4.98 Å². The third kappa shape index (κ3) is 4.30. The number of hydrogen-bond donors (Lipinski definition) is 1. The molecule has 3 heterocycles. The van der Waals surface area contributed by atoms with E-state index in [9.17, 15) is 4.79 Å². The molecule has 0 saturated carbocycles. The van der Waals surface area contributed by atoms with Crippen molar-refractivity contribution in [1.82, 2.24) is 20.1 Å². The highest BCUT2D eigenvalue weighted by Gasteiger charge is 2.20. The fraction of sp³-hybridized carbons (Fsp3) is 0.263. The zero-order valence-electron chi connectivity index (χ0n) is 15.0. The van der Waals surface area contributed by atoms with Crippen LogP contribution in [0.1, 0.15) is 15.4 Å². The highest BCUT2D eigenvalue weighted by molar-refractivity contribution is 7.14. The van der Waals surface area contributed by atoms with E-state index in [4.69, 9.17) is 16.3 Å². The minimum atomic E-state index is -0.0825. The number of rotatable bonds is 5. The lowest BCUT2D eigenvalue weighted by molar-refractivity contribution is 0.0302. The Hall–Kier alpha value is -2.55. The monoisotopic (exact) mass is 415 g/mol. The van der Waals surface area contributed by atoms with Crippen molar-refractivity contribution < 1.29 is 9.53 Å². The summed E-state index contributed by atoms with van der Waals surface area (Å²) in [5.41, 5.74) is 1.51. The summed E-state index contributed by atoms with van der Waals surface area (Å²) in [6.07, 6.45) is 1.54. The van der Waals surface area contributed by atoms with Gasteiger partial charge in [-0.1, -0.05) is 53.3 Å². The number of nitrogens with one attached hydrogen (secondary N) is 1. The fourth-order valence-electron chi connectivity index (χ4n) is 2.82. The van der Waals surface area contributed by atoms with Crippen molar-refractivity contribution in [3.8, 4) is 10.6 Å². The van der Waals surface area contributed by atoms with Crippen molar-refractivity contribution >= 4 is 34.7 Å². The van der Waals surface area contributed by atoms with E-state index in [1.54, 1.807) is 17.2 Å². The lowest BCUT2D eigenvalue weighted by Crippen LogP contribution is -2.40. The van der Waals surface area contributed by atoms with Crippen LogP contribution in [0.4, 0.5) is 5.82 Å². The van der Waals surface area contributed by atoms with Gasteiger partial charge in [0.1, 0.15) is 15.8 Å². The molecule has 1 aliphatic rings. The van der Waals surface area contributed by atoms with Crippen LogP contribution in [0.25, 0.3) is 10.6 Å². The quantitative estimate of drug-likeness (QED) is 0.688. The van der Waals surface area contributed by atoms with Crippen molar-refractivity contribution in [3.05, 3.63) is 58.2 Å². The second-order valence-electron chi connectivity index (χ2n) is 6.18. The topological polar surface area (TPSA) is 80.2 Å². The molecule has 4 rings (SSSR count). The smallest absolute Gasteiger partial charge is 0.255 e. The summed E-state index contributed by atoms with van der Waals surface area (Å²) < 4.78 is 5.28. The SMILES string of the molecule is O=C(c1cnc(NCc2nnc(-c3ccccc3)s2)c(Cl)c1)N1CCOCC1. The zero-order valence-corrected chi connectivity index (χ0v) is 16.5. The van der Waals surface area contributed by atoms with E-state index >= 15 is 0 Å². The highest BCUT2D eigenvalue weighted by atomic mass is 35.5. The molecule has 0 unspecified atom stereocenters. The summed E-state index contributed by atoms with van der Waals surface area (Å²) in [6.45, 7) is 2.72. The lowest BCUT2D eigenvalue weighted by atomic mass is 10.2. The molecule has 0 bridgehead atoms. The molecule has 0 radical (unpaired) electrons. The van der Waals surface area contributed by atoms with Crippen LogP contribution < -0.4 is 5.32 Å². The van der Waals surface area contributed by atoms with Crippen LogP contribution in [0.2, 0.25) is 5.02 Å². The predicted molar refractivity (Wildman–Crippen MR) is 109 cm³/mol. The second kappa shape index (κ2) is 8.64. The maximum atomic E-state index is 12.5. The Morgan fingerprint density at radius 2 is 2.00 bits per heavy atom. The molecule has 0 aliphatic carbocycles. The first-order valence-corrected chi connectivity index (χ1v) is 10.0. The number of pyridine rings is 1. The summed E-state index contributed by atoms with van der Waals surface area (Å²) in [4.78, 5) is 18.6. The van der Waals surface area contributed by atoms with Crippen LogP contribution in [0.5, 0.6) is 0 Å². The number of ether oxygens (including phenoxy) is 1. The number of carbonyl (C=O) groups is 1. The number of anilines is 1. The van der Waals surface area contributed by atoms with Crippen LogP contribution in [0.3, 0.4) is 0 Å². The van der Waals surface area contributed by atoms with E-state index in [0.717, 1.165) is 15.6 Å². The average molecular weight is 416 g/mol. The van der Waals surface area contributed by atoms with Gasteiger partial charge in [-0.05, 0) is 6.07 Å². The minimum absolute atomic E-state index is 0.0825. The van der Waals surface area contributed by atoms with Crippen molar-refractivity contribution in [2.24, 2.45) is 0 Å².